The molecule has 140 valence electrons. The first-order chi connectivity index (χ1) is 12.4. The van der Waals surface area contributed by atoms with E-state index in [9.17, 15) is 19.7 Å². The largest absolute Gasteiger partial charge is 0.366 e. The zero-order valence-electron chi connectivity index (χ0n) is 14.4. The molecule has 9 heteroatoms. The van der Waals surface area contributed by atoms with Crippen molar-refractivity contribution in [1.82, 2.24) is 10.2 Å². The van der Waals surface area contributed by atoms with Gasteiger partial charge in [0.1, 0.15) is 0 Å². The highest BCUT2D eigenvalue weighted by Gasteiger charge is 2.38. The van der Waals surface area contributed by atoms with Crippen LogP contribution in [0.1, 0.15) is 29.6 Å². The van der Waals surface area contributed by atoms with Crippen LogP contribution in [0.2, 0.25) is 0 Å². The zero-order chi connectivity index (χ0) is 18.7. The number of likely N-dealkylation sites (tertiary alicyclic amines) is 1. The van der Waals surface area contributed by atoms with Crippen molar-refractivity contribution in [1.29, 1.82) is 0 Å². The highest BCUT2D eigenvalue weighted by atomic mass is 32.2. The molecule has 0 atom stereocenters. The summed E-state index contributed by atoms with van der Waals surface area (Å²) in [6.07, 6.45) is 3.18. The van der Waals surface area contributed by atoms with E-state index in [1.54, 1.807) is 0 Å². The van der Waals surface area contributed by atoms with Gasteiger partial charge in [-0.2, -0.15) is 0 Å². The van der Waals surface area contributed by atoms with Crippen molar-refractivity contribution in [2.75, 3.05) is 31.9 Å². The van der Waals surface area contributed by atoms with E-state index in [1.807, 2.05) is 4.90 Å². The lowest BCUT2D eigenvalue weighted by Crippen LogP contribution is -2.44. The van der Waals surface area contributed by atoms with Crippen molar-refractivity contribution in [3.05, 3.63) is 33.9 Å². The molecule has 0 bridgehead atoms. The van der Waals surface area contributed by atoms with Crippen LogP contribution in [0.15, 0.2) is 23.1 Å². The average Bonchev–Trinajstić information content (AvgIpc) is 3.08. The Labute approximate surface area is 155 Å². The first-order valence-corrected chi connectivity index (χ1v) is 9.58. The fourth-order valence-electron chi connectivity index (χ4n) is 3.62. The van der Waals surface area contributed by atoms with Crippen molar-refractivity contribution >= 4 is 29.3 Å². The minimum atomic E-state index is -0.718. The SMILES string of the molecule is NC(=O)c1ccc(SCC(=O)N2CCC3(CCNC3)CC2)c([N+](=O)[O-])c1. The quantitative estimate of drug-likeness (QED) is 0.454. The Morgan fingerprint density at radius 3 is 2.62 bits per heavy atom. The van der Waals surface area contributed by atoms with Crippen LogP contribution in [0.5, 0.6) is 0 Å². The minimum absolute atomic E-state index is 0.0101. The molecule has 2 aliphatic rings. The monoisotopic (exact) mass is 378 g/mol. The van der Waals surface area contributed by atoms with E-state index in [0.717, 1.165) is 56.8 Å². The Balaban J connectivity index is 1.59. The van der Waals surface area contributed by atoms with E-state index in [2.05, 4.69) is 5.32 Å². The summed E-state index contributed by atoms with van der Waals surface area (Å²) >= 11 is 1.12. The van der Waals surface area contributed by atoms with Gasteiger partial charge in [0.2, 0.25) is 11.8 Å². The Bertz CT molecular complexity index is 723. The van der Waals surface area contributed by atoms with Crippen molar-refractivity contribution in [3.8, 4) is 0 Å². The van der Waals surface area contributed by atoms with Crippen LogP contribution in [0.4, 0.5) is 5.69 Å². The maximum Gasteiger partial charge on any atom is 0.283 e. The minimum Gasteiger partial charge on any atom is -0.366 e. The van der Waals surface area contributed by atoms with Crippen LogP contribution in [0, 0.1) is 15.5 Å². The van der Waals surface area contributed by atoms with E-state index in [4.69, 9.17) is 5.73 Å². The van der Waals surface area contributed by atoms with Crippen LogP contribution < -0.4 is 11.1 Å². The van der Waals surface area contributed by atoms with Gasteiger partial charge < -0.3 is 16.0 Å². The first kappa shape index (κ1) is 18.7. The van der Waals surface area contributed by atoms with Gasteiger partial charge in [0.15, 0.2) is 0 Å². The molecule has 26 heavy (non-hydrogen) atoms. The number of hydrogen-bond acceptors (Lipinski definition) is 6. The fraction of sp³-hybridized carbons (Fsp3) is 0.529. The van der Waals surface area contributed by atoms with Crippen molar-refractivity contribution in [2.24, 2.45) is 11.1 Å². The molecule has 1 aromatic rings. The molecular formula is C17H22N4O4S. The van der Waals surface area contributed by atoms with Gasteiger partial charge in [-0.1, -0.05) is 0 Å². The van der Waals surface area contributed by atoms with Gasteiger partial charge in [-0.25, -0.2) is 0 Å². The number of nitrogens with zero attached hydrogens (tertiary/aromatic N) is 2. The molecule has 0 aliphatic carbocycles. The molecule has 0 saturated carbocycles. The molecule has 2 amide bonds. The number of hydrogen-bond donors (Lipinski definition) is 2. The maximum absolute atomic E-state index is 12.5. The number of nitrogens with one attached hydrogen (secondary N) is 1. The third kappa shape index (κ3) is 3.99. The number of carbonyl (C=O) groups excluding carboxylic acids is 2. The van der Waals surface area contributed by atoms with Gasteiger partial charge in [-0.05, 0) is 43.4 Å². The number of piperidine rings is 1. The molecule has 0 unspecified atom stereocenters. The highest BCUT2D eigenvalue weighted by molar-refractivity contribution is 8.00. The number of amides is 2. The third-order valence-electron chi connectivity index (χ3n) is 5.30. The van der Waals surface area contributed by atoms with Crippen LogP contribution in [-0.2, 0) is 4.79 Å². The van der Waals surface area contributed by atoms with Crippen LogP contribution in [-0.4, -0.2) is 53.6 Å². The number of carbonyl (C=O) groups is 2. The van der Waals surface area contributed by atoms with Gasteiger partial charge in [-0.3, -0.25) is 19.7 Å². The van der Waals surface area contributed by atoms with Gasteiger partial charge >= 0.3 is 0 Å². The lowest BCUT2D eigenvalue weighted by Gasteiger charge is -2.38. The summed E-state index contributed by atoms with van der Waals surface area (Å²) < 4.78 is 0. The van der Waals surface area contributed by atoms with E-state index < -0.39 is 10.8 Å². The summed E-state index contributed by atoms with van der Waals surface area (Å²) in [5.74, 6) is -0.587. The number of thioether (sulfide) groups is 1. The number of nitrogens with two attached hydrogens (primary N) is 1. The average molecular weight is 378 g/mol. The van der Waals surface area contributed by atoms with Crippen LogP contribution in [0.3, 0.4) is 0 Å². The number of primary amides is 1. The molecule has 0 aromatic heterocycles. The topological polar surface area (TPSA) is 119 Å². The van der Waals surface area contributed by atoms with Crippen molar-refractivity contribution < 1.29 is 14.5 Å². The van der Waals surface area contributed by atoms with E-state index in [-0.39, 0.29) is 22.9 Å². The molecule has 1 spiro atoms. The van der Waals surface area contributed by atoms with Crippen molar-refractivity contribution in [2.45, 2.75) is 24.2 Å². The second-order valence-corrected chi connectivity index (χ2v) is 7.92. The Morgan fingerprint density at radius 1 is 1.31 bits per heavy atom. The van der Waals surface area contributed by atoms with Gasteiger partial charge in [-0.15, -0.1) is 11.8 Å². The number of benzene rings is 1. The number of rotatable bonds is 5. The summed E-state index contributed by atoms with van der Waals surface area (Å²) in [5.41, 5.74) is 5.39. The molecule has 2 aliphatic heterocycles. The predicted octanol–water partition coefficient (Wildman–Crippen LogP) is 1.39. The van der Waals surface area contributed by atoms with Gasteiger partial charge in [0.25, 0.3) is 5.69 Å². The fourth-order valence-corrected chi connectivity index (χ4v) is 4.53. The second-order valence-electron chi connectivity index (χ2n) is 6.90. The Morgan fingerprint density at radius 2 is 2.04 bits per heavy atom. The molecule has 3 rings (SSSR count). The summed E-state index contributed by atoms with van der Waals surface area (Å²) in [6.45, 7) is 3.56. The van der Waals surface area contributed by atoms with E-state index >= 15 is 0 Å². The predicted molar refractivity (Wildman–Crippen MR) is 98.1 cm³/mol. The second kappa shape index (κ2) is 7.63. The summed E-state index contributed by atoms with van der Waals surface area (Å²) in [4.78, 5) is 36.5. The third-order valence-corrected chi connectivity index (χ3v) is 6.35. The molecule has 0 radical (unpaired) electrons. The number of nitro benzene ring substituents is 1. The summed E-state index contributed by atoms with van der Waals surface area (Å²) in [6, 6.07) is 4.08. The lowest BCUT2D eigenvalue weighted by atomic mass is 9.78. The highest BCUT2D eigenvalue weighted by Crippen LogP contribution is 2.37. The smallest absolute Gasteiger partial charge is 0.283 e. The Kier molecular flexibility index (Phi) is 5.47. The molecule has 2 heterocycles. The van der Waals surface area contributed by atoms with Crippen LogP contribution >= 0.6 is 11.8 Å². The van der Waals surface area contributed by atoms with Gasteiger partial charge in [0, 0.05) is 31.3 Å². The van der Waals surface area contributed by atoms with E-state index in [0.29, 0.717) is 10.3 Å². The zero-order valence-corrected chi connectivity index (χ0v) is 15.2. The van der Waals surface area contributed by atoms with Gasteiger partial charge in [0.05, 0.1) is 15.6 Å². The van der Waals surface area contributed by atoms with E-state index in [1.165, 1.54) is 18.6 Å². The summed E-state index contributed by atoms with van der Waals surface area (Å²) in [5, 5.41) is 14.6. The molecule has 1 aromatic carbocycles. The standard InChI is InChI=1S/C17H22N4O4S/c18-16(23)12-1-2-14(13(9-12)21(24)25)26-10-15(22)20-7-4-17(5-8-20)3-6-19-11-17/h1-2,9,19H,3-8,10-11H2,(H2,18,23). The molecular weight excluding hydrogens is 356 g/mol. The molecule has 2 saturated heterocycles. The molecule has 2 fully saturated rings. The maximum atomic E-state index is 12.5. The molecule has 8 nitrogen and oxygen atoms in total. The summed E-state index contributed by atoms with van der Waals surface area (Å²) in [7, 11) is 0. The van der Waals surface area contributed by atoms with Crippen LogP contribution in [0.25, 0.3) is 0 Å². The van der Waals surface area contributed by atoms with Crippen molar-refractivity contribution in [3.63, 3.8) is 0 Å². The Hall–Kier alpha value is -2.13. The first-order valence-electron chi connectivity index (χ1n) is 8.60. The lowest BCUT2D eigenvalue weighted by molar-refractivity contribution is -0.387. The number of nitro groups is 1. The molecule has 3 N–H and O–H groups in total. The normalized spacial score (nSPS) is 18.8.